The van der Waals surface area contributed by atoms with Gasteiger partial charge in [-0.05, 0) is 18.6 Å². The van der Waals surface area contributed by atoms with Crippen LogP contribution in [0.3, 0.4) is 0 Å². The lowest BCUT2D eigenvalue weighted by atomic mass is 10.0. The van der Waals surface area contributed by atoms with Crippen LogP contribution in [0.2, 0.25) is 0 Å². The van der Waals surface area contributed by atoms with E-state index in [1.807, 2.05) is 12.1 Å². The van der Waals surface area contributed by atoms with Crippen LogP contribution in [0.15, 0.2) is 30.5 Å². The molecule has 14 heteroatoms. The van der Waals surface area contributed by atoms with Crippen molar-refractivity contribution >= 4 is 53.1 Å². The van der Waals surface area contributed by atoms with Gasteiger partial charge in [-0.3, -0.25) is 19.2 Å². The maximum atomic E-state index is 13.1. The molecule has 0 saturated heterocycles. The molecule has 10 N–H and O–H groups in total. The van der Waals surface area contributed by atoms with Crippen LogP contribution < -0.4 is 27.4 Å². The van der Waals surface area contributed by atoms with Gasteiger partial charge in [0.05, 0.1) is 12.5 Å². The lowest BCUT2D eigenvalue weighted by Crippen LogP contribution is -2.59. The Bertz CT molecular complexity index is 1120. The summed E-state index contributed by atoms with van der Waals surface area (Å²) in [5, 5.41) is 26.7. The third-order valence-corrected chi connectivity index (χ3v) is 5.76. The number of nitrogens with two attached hydrogens (primary N) is 2. The Balaban J connectivity index is 2.28. The molecule has 0 aliphatic heterocycles. The lowest BCUT2D eigenvalue weighted by molar-refractivity contribution is -0.143. The fourth-order valence-corrected chi connectivity index (χ4v) is 3.61. The standard InChI is InChI=1S/C22H30N6O7S/c1-10(29)18(24)21(33)28-16(9-36)20(32)26-14(19(31)27-15(22(34)35)7-17(23)30)6-11-8-25-13-5-3-2-4-12(11)13/h2-5,8,10,14-16,18,25,29,36H,6-7,9,24H2,1H3,(H2,23,30)(H,26,32)(H,27,31)(H,28,33)(H,34,35). The number of H-pyrrole nitrogens is 1. The quantitative estimate of drug-likeness (QED) is 0.130. The summed E-state index contributed by atoms with van der Waals surface area (Å²) in [6, 6.07) is 1.81. The molecule has 5 unspecified atom stereocenters. The summed E-state index contributed by atoms with van der Waals surface area (Å²) in [7, 11) is 0. The molecule has 1 heterocycles. The van der Waals surface area contributed by atoms with Crippen molar-refractivity contribution in [1.29, 1.82) is 0 Å². The van der Waals surface area contributed by atoms with Crippen molar-refractivity contribution in [3.8, 4) is 0 Å². The monoisotopic (exact) mass is 522 g/mol. The van der Waals surface area contributed by atoms with Crippen LogP contribution in [0.5, 0.6) is 0 Å². The zero-order chi connectivity index (χ0) is 27.0. The molecule has 1 aromatic carbocycles. The number of carboxylic acids is 1. The maximum Gasteiger partial charge on any atom is 0.326 e. The first kappa shape index (κ1) is 28.6. The summed E-state index contributed by atoms with van der Waals surface area (Å²) in [4.78, 5) is 64.0. The van der Waals surface area contributed by atoms with E-state index in [1.165, 1.54) is 6.92 Å². The van der Waals surface area contributed by atoms with Crippen molar-refractivity contribution in [2.75, 3.05) is 5.75 Å². The second-order valence-corrected chi connectivity index (χ2v) is 8.57. The molecule has 0 spiro atoms. The summed E-state index contributed by atoms with van der Waals surface area (Å²) in [5.74, 6) is -5.06. The number of aromatic nitrogens is 1. The van der Waals surface area contributed by atoms with Crippen LogP contribution in [0, 0.1) is 0 Å². The molecular weight excluding hydrogens is 492 g/mol. The molecule has 4 amide bonds. The summed E-state index contributed by atoms with van der Waals surface area (Å²) >= 11 is 4.07. The van der Waals surface area contributed by atoms with Gasteiger partial charge < -0.3 is 42.6 Å². The van der Waals surface area contributed by atoms with Crippen molar-refractivity contribution in [1.82, 2.24) is 20.9 Å². The number of carbonyl (C=O) groups is 5. The van der Waals surface area contributed by atoms with Gasteiger partial charge in [0.1, 0.15) is 24.2 Å². The molecule has 5 atom stereocenters. The predicted molar refractivity (Wildman–Crippen MR) is 133 cm³/mol. The van der Waals surface area contributed by atoms with Gasteiger partial charge >= 0.3 is 5.97 Å². The third-order valence-electron chi connectivity index (χ3n) is 5.39. The number of fused-ring (bicyclic) bond motifs is 1. The summed E-state index contributed by atoms with van der Waals surface area (Å²) in [5.41, 5.74) is 12.1. The van der Waals surface area contributed by atoms with Crippen molar-refractivity contribution in [3.05, 3.63) is 36.0 Å². The number of para-hydroxylation sites is 1. The van der Waals surface area contributed by atoms with E-state index in [1.54, 1.807) is 18.3 Å². The largest absolute Gasteiger partial charge is 0.480 e. The van der Waals surface area contributed by atoms with Gasteiger partial charge in [-0.15, -0.1) is 0 Å². The smallest absolute Gasteiger partial charge is 0.326 e. The number of benzene rings is 1. The van der Waals surface area contributed by atoms with Crippen LogP contribution >= 0.6 is 12.6 Å². The number of aliphatic hydroxyl groups excluding tert-OH is 1. The molecule has 196 valence electrons. The number of aromatic amines is 1. The Morgan fingerprint density at radius 2 is 1.58 bits per heavy atom. The Kier molecular flexibility index (Phi) is 10.3. The molecule has 0 aliphatic carbocycles. The van der Waals surface area contributed by atoms with Gasteiger partial charge in [0, 0.05) is 29.3 Å². The normalized spacial score (nSPS) is 15.2. The molecule has 0 saturated carbocycles. The number of thiol groups is 1. The zero-order valence-corrected chi connectivity index (χ0v) is 20.3. The molecule has 2 rings (SSSR count). The fraction of sp³-hybridized carbons (Fsp3) is 0.409. The van der Waals surface area contributed by atoms with E-state index in [9.17, 15) is 34.2 Å². The van der Waals surface area contributed by atoms with E-state index in [0.717, 1.165) is 10.9 Å². The second kappa shape index (κ2) is 12.9. The maximum absolute atomic E-state index is 13.1. The lowest BCUT2D eigenvalue weighted by Gasteiger charge is -2.24. The number of carbonyl (C=O) groups excluding carboxylic acids is 4. The minimum Gasteiger partial charge on any atom is -0.480 e. The molecule has 13 nitrogen and oxygen atoms in total. The molecule has 2 aromatic rings. The Hall–Kier alpha value is -3.62. The first-order valence-electron chi connectivity index (χ1n) is 11.0. The van der Waals surface area contributed by atoms with Gasteiger partial charge in [-0.2, -0.15) is 12.6 Å². The minimum atomic E-state index is -1.61. The van der Waals surface area contributed by atoms with Crippen molar-refractivity contribution in [2.24, 2.45) is 11.5 Å². The number of aliphatic carboxylic acids is 1. The highest BCUT2D eigenvalue weighted by atomic mass is 32.1. The predicted octanol–water partition coefficient (Wildman–Crippen LogP) is -2.24. The first-order valence-corrected chi connectivity index (χ1v) is 11.6. The van der Waals surface area contributed by atoms with Gasteiger partial charge in [-0.1, -0.05) is 18.2 Å². The van der Waals surface area contributed by atoms with Crippen molar-refractivity contribution in [3.63, 3.8) is 0 Å². The Labute approximate surface area is 211 Å². The van der Waals surface area contributed by atoms with Gasteiger partial charge in [-0.25, -0.2) is 4.79 Å². The molecule has 0 aliphatic rings. The van der Waals surface area contributed by atoms with Crippen LogP contribution in [-0.2, 0) is 30.4 Å². The van der Waals surface area contributed by atoms with E-state index in [2.05, 4.69) is 33.6 Å². The molecule has 1 aromatic heterocycles. The molecule has 0 bridgehead atoms. The number of amides is 4. The van der Waals surface area contributed by atoms with E-state index >= 15 is 0 Å². The number of rotatable bonds is 13. The molecule has 0 radical (unpaired) electrons. The Morgan fingerprint density at radius 1 is 1.00 bits per heavy atom. The highest BCUT2D eigenvalue weighted by Gasteiger charge is 2.31. The molecule has 0 fully saturated rings. The zero-order valence-electron chi connectivity index (χ0n) is 19.4. The van der Waals surface area contributed by atoms with E-state index in [4.69, 9.17) is 11.5 Å². The fourth-order valence-electron chi connectivity index (χ4n) is 3.36. The van der Waals surface area contributed by atoms with E-state index in [-0.39, 0.29) is 12.2 Å². The van der Waals surface area contributed by atoms with Crippen LogP contribution in [0.25, 0.3) is 10.9 Å². The summed E-state index contributed by atoms with van der Waals surface area (Å²) in [6.07, 6.45) is -0.228. The Morgan fingerprint density at radius 3 is 2.17 bits per heavy atom. The number of hydrogen-bond donors (Lipinski definition) is 9. The van der Waals surface area contributed by atoms with Crippen molar-refractivity contribution in [2.45, 2.75) is 50.0 Å². The topological polar surface area (TPSA) is 230 Å². The first-order chi connectivity index (χ1) is 16.9. The number of aliphatic hydroxyl groups is 1. The van der Waals surface area contributed by atoms with Crippen LogP contribution in [0.1, 0.15) is 18.9 Å². The number of primary amides is 1. The summed E-state index contributed by atoms with van der Waals surface area (Å²) < 4.78 is 0. The SMILES string of the molecule is CC(O)C(N)C(=O)NC(CS)C(=O)NC(Cc1c[nH]c2ccccc12)C(=O)NC(CC(N)=O)C(=O)O. The average Bonchev–Trinajstić information content (AvgIpc) is 3.23. The molecule has 36 heavy (non-hydrogen) atoms. The van der Waals surface area contributed by atoms with Crippen molar-refractivity contribution < 1.29 is 34.2 Å². The highest BCUT2D eigenvalue weighted by Crippen LogP contribution is 2.19. The van der Waals surface area contributed by atoms with Gasteiger partial charge in [0.25, 0.3) is 0 Å². The van der Waals surface area contributed by atoms with Gasteiger partial charge in [0.2, 0.25) is 23.6 Å². The number of carboxylic acid groups (broad SMARTS) is 1. The van der Waals surface area contributed by atoms with E-state index in [0.29, 0.717) is 5.56 Å². The van der Waals surface area contributed by atoms with Gasteiger partial charge in [0.15, 0.2) is 0 Å². The van der Waals surface area contributed by atoms with E-state index < -0.39 is 66.3 Å². The van der Waals surface area contributed by atoms with Crippen LogP contribution in [0.4, 0.5) is 0 Å². The average molecular weight is 523 g/mol. The second-order valence-electron chi connectivity index (χ2n) is 8.20. The summed E-state index contributed by atoms with van der Waals surface area (Å²) in [6.45, 7) is 1.31. The minimum absolute atomic E-state index is 0.0507. The number of nitrogens with one attached hydrogen (secondary N) is 4. The highest BCUT2D eigenvalue weighted by molar-refractivity contribution is 7.80. The number of hydrogen-bond acceptors (Lipinski definition) is 8. The molecular formula is C22H30N6O7S. The van der Waals surface area contributed by atoms with Crippen LogP contribution in [-0.4, -0.2) is 80.8 Å². The third kappa shape index (κ3) is 7.69.